The van der Waals surface area contributed by atoms with Gasteiger partial charge in [0.2, 0.25) is 0 Å². The Morgan fingerprint density at radius 3 is 3.25 bits per heavy atom. The summed E-state index contributed by atoms with van der Waals surface area (Å²) in [6, 6.07) is 5.39. The summed E-state index contributed by atoms with van der Waals surface area (Å²) in [4.78, 5) is 17.1. The molecule has 1 amide bonds. The van der Waals surface area contributed by atoms with Crippen molar-refractivity contribution in [1.82, 2.24) is 10.6 Å². The van der Waals surface area contributed by atoms with Gasteiger partial charge in [-0.05, 0) is 18.4 Å². The van der Waals surface area contributed by atoms with Crippen LogP contribution in [0.25, 0.3) is 10.6 Å². The first-order chi connectivity index (χ1) is 7.81. The van der Waals surface area contributed by atoms with E-state index in [9.17, 15) is 4.79 Å². The zero-order chi connectivity index (χ0) is 11.4. The van der Waals surface area contributed by atoms with Crippen LogP contribution < -0.4 is 5.48 Å². The van der Waals surface area contributed by atoms with Crippen molar-refractivity contribution in [2.75, 3.05) is 6.61 Å². The van der Waals surface area contributed by atoms with Gasteiger partial charge in [0.1, 0.15) is 0 Å². The number of amides is 1. The Morgan fingerprint density at radius 1 is 1.69 bits per heavy atom. The highest BCUT2D eigenvalue weighted by molar-refractivity contribution is 7.13. The molecule has 16 heavy (non-hydrogen) atoms. The van der Waals surface area contributed by atoms with E-state index < -0.39 is 5.91 Å². The number of carbonyl (C=O) groups is 1. The molecule has 0 saturated carbocycles. The summed E-state index contributed by atoms with van der Waals surface area (Å²) in [5.74, 6) is 0.171. The third-order valence-electron chi connectivity index (χ3n) is 1.82. The molecule has 2 aromatic heterocycles. The van der Waals surface area contributed by atoms with E-state index in [1.54, 1.807) is 13.0 Å². The molecule has 0 fully saturated rings. The second-order valence-electron chi connectivity index (χ2n) is 2.92. The zero-order valence-corrected chi connectivity index (χ0v) is 9.41. The van der Waals surface area contributed by atoms with Gasteiger partial charge in [-0.15, -0.1) is 11.3 Å². The lowest BCUT2D eigenvalue weighted by Crippen LogP contribution is -2.23. The molecular weight excluding hydrogens is 228 g/mol. The summed E-state index contributed by atoms with van der Waals surface area (Å²) in [5, 5.41) is 5.59. The van der Waals surface area contributed by atoms with Gasteiger partial charge in [-0.2, -0.15) is 0 Å². The number of nitrogens with zero attached hydrogens (tertiary/aromatic N) is 1. The maximum atomic E-state index is 11.4. The highest BCUT2D eigenvalue weighted by atomic mass is 32.1. The maximum Gasteiger partial charge on any atom is 0.297 e. The summed E-state index contributed by atoms with van der Waals surface area (Å²) < 4.78 is 5.05. The van der Waals surface area contributed by atoms with E-state index in [1.807, 2.05) is 17.5 Å². The normalized spacial score (nSPS) is 10.3. The minimum Gasteiger partial charge on any atom is -0.355 e. The Labute approximate surface area is 96.0 Å². The number of nitrogens with one attached hydrogen (secondary N) is 1. The van der Waals surface area contributed by atoms with Gasteiger partial charge in [-0.1, -0.05) is 11.2 Å². The van der Waals surface area contributed by atoms with Crippen LogP contribution in [0, 0.1) is 0 Å². The van der Waals surface area contributed by atoms with Crippen LogP contribution in [0.2, 0.25) is 0 Å². The molecule has 0 aliphatic heterocycles. The minimum atomic E-state index is -0.409. The molecule has 1 N–H and O–H groups in total. The number of carbonyl (C=O) groups excluding carboxylic acids is 1. The van der Waals surface area contributed by atoms with Gasteiger partial charge in [0.25, 0.3) is 5.91 Å². The molecule has 2 heterocycles. The van der Waals surface area contributed by atoms with Crippen LogP contribution in [-0.4, -0.2) is 17.7 Å². The van der Waals surface area contributed by atoms with Crippen molar-refractivity contribution in [3.05, 3.63) is 29.3 Å². The number of aromatic nitrogens is 1. The molecule has 84 valence electrons. The molecule has 5 nitrogen and oxygen atoms in total. The molecule has 0 unspecified atom stereocenters. The van der Waals surface area contributed by atoms with E-state index in [4.69, 9.17) is 9.36 Å². The van der Waals surface area contributed by atoms with Crippen LogP contribution in [0.5, 0.6) is 0 Å². The summed E-state index contributed by atoms with van der Waals surface area (Å²) in [6.45, 7) is 2.18. The van der Waals surface area contributed by atoms with E-state index in [0.29, 0.717) is 12.4 Å². The fourth-order valence-electron chi connectivity index (χ4n) is 1.11. The lowest BCUT2D eigenvalue weighted by Gasteiger charge is -1.98. The van der Waals surface area contributed by atoms with Gasteiger partial charge < -0.3 is 4.52 Å². The zero-order valence-electron chi connectivity index (χ0n) is 8.60. The van der Waals surface area contributed by atoms with Gasteiger partial charge in [0.05, 0.1) is 11.5 Å². The second kappa shape index (κ2) is 4.91. The molecule has 0 saturated heterocycles. The molecule has 6 heteroatoms. The first-order valence-corrected chi connectivity index (χ1v) is 5.62. The fraction of sp³-hybridized carbons (Fsp3) is 0.200. The Balaban J connectivity index is 2.11. The van der Waals surface area contributed by atoms with Crippen LogP contribution in [-0.2, 0) is 4.84 Å². The number of hydrogen-bond donors (Lipinski definition) is 1. The van der Waals surface area contributed by atoms with E-state index in [-0.39, 0.29) is 5.69 Å². The topological polar surface area (TPSA) is 64.4 Å². The van der Waals surface area contributed by atoms with Crippen LogP contribution >= 0.6 is 11.3 Å². The van der Waals surface area contributed by atoms with Gasteiger partial charge in [0.15, 0.2) is 11.5 Å². The van der Waals surface area contributed by atoms with Gasteiger partial charge in [-0.25, -0.2) is 5.48 Å². The number of rotatable bonds is 4. The summed E-state index contributed by atoms with van der Waals surface area (Å²) >= 11 is 1.52. The van der Waals surface area contributed by atoms with Crippen molar-refractivity contribution < 1.29 is 14.2 Å². The molecule has 2 aromatic rings. The maximum absolute atomic E-state index is 11.4. The Bertz CT molecular complexity index is 464. The largest absolute Gasteiger partial charge is 0.355 e. The molecule has 0 bridgehead atoms. The minimum absolute atomic E-state index is 0.205. The predicted octanol–water partition coefficient (Wildman–Crippen LogP) is 2.08. The standard InChI is InChI=1S/C10H10N2O3S/c1-2-14-12-10(13)7-6-8(15-11-7)9-4-3-5-16-9/h3-6H,2H2,1H3,(H,12,13). The third kappa shape index (κ3) is 2.29. The molecule has 0 aromatic carbocycles. The molecule has 0 aliphatic carbocycles. The Kier molecular flexibility index (Phi) is 3.33. The summed E-state index contributed by atoms with van der Waals surface area (Å²) in [7, 11) is 0. The van der Waals surface area contributed by atoms with Crippen LogP contribution in [0.15, 0.2) is 28.1 Å². The molecule has 0 spiro atoms. The van der Waals surface area contributed by atoms with Crippen molar-refractivity contribution in [2.24, 2.45) is 0 Å². The average molecular weight is 238 g/mol. The summed E-state index contributed by atoms with van der Waals surface area (Å²) in [6.07, 6.45) is 0. The molecule has 2 rings (SSSR count). The monoisotopic (exact) mass is 238 g/mol. The third-order valence-corrected chi connectivity index (χ3v) is 2.70. The molecule has 0 aliphatic rings. The number of thiophene rings is 1. The summed E-state index contributed by atoms with van der Waals surface area (Å²) in [5.41, 5.74) is 2.45. The van der Waals surface area contributed by atoms with Gasteiger partial charge in [0, 0.05) is 6.07 Å². The Hall–Kier alpha value is -1.66. The van der Waals surface area contributed by atoms with Crippen molar-refractivity contribution in [3.63, 3.8) is 0 Å². The van der Waals surface area contributed by atoms with Gasteiger partial charge >= 0.3 is 0 Å². The lowest BCUT2D eigenvalue weighted by molar-refractivity contribution is 0.0357. The highest BCUT2D eigenvalue weighted by Crippen LogP contribution is 2.24. The average Bonchev–Trinajstić information content (AvgIpc) is 2.94. The van der Waals surface area contributed by atoms with E-state index >= 15 is 0 Å². The van der Waals surface area contributed by atoms with Crippen molar-refractivity contribution >= 4 is 17.2 Å². The lowest BCUT2D eigenvalue weighted by atomic mass is 10.3. The molecular formula is C10H10N2O3S. The quantitative estimate of drug-likeness (QED) is 0.828. The highest BCUT2D eigenvalue weighted by Gasteiger charge is 2.13. The molecule has 0 radical (unpaired) electrons. The predicted molar refractivity (Wildman–Crippen MR) is 58.9 cm³/mol. The smallest absolute Gasteiger partial charge is 0.297 e. The first-order valence-electron chi connectivity index (χ1n) is 4.74. The van der Waals surface area contributed by atoms with Crippen molar-refractivity contribution in [3.8, 4) is 10.6 Å². The van der Waals surface area contributed by atoms with Crippen molar-refractivity contribution in [2.45, 2.75) is 6.92 Å². The second-order valence-corrected chi connectivity index (χ2v) is 3.87. The fourth-order valence-corrected chi connectivity index (χ4v) is 1.78. The van der Waals surface area contributed by atoms with Crippen LogP contribution in [0.4, 0.5) is 0 Å². The van der Waals surface area contributed by atoms with Crippen LogP contribution in [0.1, 0.15) is 17.4 Å². The van der Waals surface area contributed by atoms with E-state index in [2.05, 4.69) is 10.6 Å². The van der Waals surface area contributed by atoms with E-state index in [1.165, 1.54) is 11.3 Å². The number of hydrogen-bond acceptors (Lipinski definition) is 5. The Morgan fingerprint density at radius 2 is 2.56 bits per heavy atom. The van der Waals surface area contributed by atoms with E-state index in [0.717, 1.165) is 4.88 Å². The number of hydroxylamine groups is 1. The SMILES string of the molecule is CCONC(=O)c1cc(-c2cccs2)on1. The van der Waals surface area contributed by atoms with Gasteiger partial charge in [-0.3, -0.25) is 9.63 Å². The van der Waals surface area contributed by atoms with Crippen molar-refractivity contribution in [1.29, 1.82) is 0 Å². The first kappa shape index (κ1) is 10.8. The molecule has 0 atom stereocenters. The van der Waals surface area contributed by atoms with Crippen LogP contribution in [0.3, 0.4) is 0 Å².